The first-order chi connectivity index (χ1) is 17.2. The number of furan rings is 1. The van der Waals surface area contributed by atoms with Crippen molar-refractivity contribution in [1.82, 2.24) is 14.6 Å². The lowest BCUT2D eigenvalue weighted by Gasteiger charge is -2.21. The number of hydrogen-bond acceptors (Lipinski definition) is 6. The first kappa shape index (κ1) is 26.8. The third-order valence-corrected chi connectivity index (χ3v) is 7.28. The highest BCUT2D eigenvalue weighted by Crippen LogP contribution is 2.22. The minimum atomic E-state index is -3.82. The van der Waals surface area contributed by atoms with E-state index < -0.39 is 21.8 Å². The molecule has 1 aromatic heterocycles. The molecule has 0 spiro atoms. The van der Waals surface area contributed by atoms with Crippen molar-refractivity contribution in [3.8, 4) is 0 Å². The van der Waals surface area contributed by atoms with Crippen molar-refractivity contribution < 1.29 is 22.4 Å². The number of hydrogen-bond donors (Lipinski definition) is 1. The molecule has 2 aromatic carbocycles. The summed E-state index contributed by atoms with van der Waals surface area (Å²) < 4.78 is 34.0. The van der Waals surface area contributed by atoms with E-state index in [0.717, 1.165) is 11.1 Å². The van der Waals surface area contributed by atoms with Gasteiger partial charge in [-0.1, -0.05) is 48.0 Å². The number of aryl methyl sites for hydroxylation is 1. The first-order valence-corrected chi connectivity index (χ1v) is 13.0. The van der Waals surface area contributed by atoms with Gasteiger partial charge in [0.25, 0.3) is 0 Å². The van der Waals surface area contributed by atoms with E-state index in [0.29, 0.717) is 24.6 Å². The molecule has 0 bridgehead atoms. The molecule has 2 amide bonds. The summed E-state index contributed by atoms with van der Waals surface area (Å²) >= 11 is 0. The van der Waals surface area contributed by atoms with Crippen LogP contribution in [-0.2, 0) is 32.7 Å². The van der Waals surface area contributed by atoms with Crippen molar-refractivity contribution in [2.45, 2.75) is 38.8 Å². The van der Waals surface area contributed by atoms with Gasteiger partial charge in [0.2, 0.25) is 10.0 Å². The Morgan fingerprint density at radius 2 is 1.61 bits per heavy atom. The molecule has 0 saturated heterocycles. The van der Waals surface area contributed by atoms with Crippen LogP contribution < -0.4 is 5.43 Å². The Labute approximate surface area is 211 Å². The lowest BCUT2D eigenvalue weighted by molar-refractivity contribution is -0.145. The molecule has 0 atom stereocenters. The summed E-state index contributed by atoms with van der Waals surface area (Å²) in [5.74, 6) is -0.822. The fourth-order valence-electron chi connectivity index (χ4n) is 3.45. The minimum Gasteiger partial charge on any atom is -0.459 e. The molecule has 9 nitrogen and oxygen atoms in total. The van der Waals surface area contributed by atoms with Crippen LogP contribution in [0.3, 0.4) is 0 Å². The molecule has 0 aliphatic carbocycles. The van der Waals surface area contributed by atoms with Gasteiger partial charge in [0.15, 0.2) is 0 Å². The van der Waals surface area contributed by atoms with Crippen LogP contribution in [0.5, 0.6) is 0 Å². The highest BCUT2D eigenvalue weighted by atomic mass is 32.2. The van der Waals surface area contributed by atoms with Crippen LogP contribution in [0.25, 0.3) is 0 Å². The molecule has 0 aliphatic heterocycles. The van der Waals surface area contributed by atoms with E-state index in [1.807, 2.05) is 37.3 Å². The highest BCUT2D eigenvalue weighted by molar-refractivity contribution is 7.89. The van der Waals surface area contributed by atoms with Crippen LogP contribution in [0.2, 0.25) is 0 Å². The molecule has 3 aromatic rings. The van der Waals surface area contributed by atoms with Gasteiger partial charge in [-0.15, -0.1) is 0 Å². The number of sulfonamides is 1. The highest BCUT2D eigenvalue weighted by Gasteiger charge is 2.26. The van der Waals surface area contributed by atoms with Crippen molar-refractivity contribution in [2.24, 2.45) is 5.10 Å². The zero-order valence-corrected chi connectivity index (χ0v) is 21.4. The lowest BCUT2D eigenvalue weighted by atomic mass is 10.2. The number of rotatable bonds is 10. The fraction of sp³-hybridized carbons (Fsp3) is 0.269. The first-order valence-electron chi connectivity index (χ1n) is 11.6. The summed E-state index contributed by atoms with van der Waals surface area (Å²) in [6, 6.07) is 19.2. The van der Waals surface area contributed by atoms with E-state index in [4.69, 9.17) is 4.42 Å². The van der Waals surface area contributed by atoms with Crippen LogP contribution >= 0.6 is 0 Å². The van der Waals surface area contributed by atoms with Crippen molar-refractivity contribution in [3.63, 3.8) is 0 Å². The van der Waals surface area contributed by atoms with Gasteiger partial charge in [0.1, 0.15) is 11.5 Å². The number of amides is 2. The van der Waals surface area contributed by atoms with Gasteiger partial charge in [-0.3, -0.25) is 9.59 Å². The van der Waals surface area contributed by atoms with E-state index in [1.54, 1.807) is 50.2 Å². The molecule has 3 rings (SSSR count). The maximum Gasteiger partial charge on any atom is 0.329 e. The molecule has 0 fully saturated rings. The molecule has 10 heteroatoms. The molecular formula is C26H30N4O5S. The maximum absolute atomic E-state index is 13.4. The number of benzene rings is 2. The molecule has 1 N–H and O–H groups in total. The van der Waals surface area contributed by atoms with Crippen molar-refractivity contribution in [1.29, 1.82) is 0 Å². The topological polar surface area (TPSA) is 112 Å². The van der Waals surface area contributed by atoms with Crippen molar-refractivity contribution in [2.75, 3.05) is 13.1 Å². The lowest BCUT2D eigenvalue weighted by Crippen LogP contribution is -2.41. The second kappa shape index (κ2) is 12.3. The summed E-state index contributed by atoms with van der Waals surface area (Å²) in [6.07, 6.45) is 1.26. The molecule has 36 heavy (non-hydrogen) atoms. The predicted octanol–water partition coefficient (Wildman–Crippen LogP) is 3.30. The molecule has 0 aliphatic rings. The largest absolute Gasteiger partial charge is 0.459 e. The Kier molecular flexibility index (Phi) is 9.15. The van der Waals surface area contributed by atoms with Crippen LogP contribution in [0, 0.1) is 6.92 Å². The fourth-order valence-corrected chi connectivity index (χ4v) is 4.85. The average Bonchev–Trinajstić information content (AvgIpc) is 3.32. The number of nitrogens with zero attached hydrogens (tertiary/aromatic N) is 3. The average molecular weight is 511 g/mol. The van der Waals surface area contributed by atoms with Gasteiger partial charge < -0.3 is 9.32 Å². The second-order valence-electron chi connectivity index (χ2n) is 8.05. The van der Waals surface area contributed by atoms with Crippen LogP contribution in [-0.4, -0.2) is 48.7 Å². The third-order valence-electron chi connectivity index (χ3n) is 5.48. The molecule has 1 heterocycles. The molecule has 0 radical (unpaired) electrons. The van der Waals surface area contributed by atoms with Gasteiger partial charge in [0.05, 0.1) is 17.7 Å². The van der Waals surface area contributed by atoms with E-state index in [9.17, 15) is 18.0 Å². The number of carbonyl (C=O) groups is 2. The van der Waals surface area contributed by atoms with Gasteiger partial charge in [-0.2, -0.15) is 9.41 Å². The van der Waals surface area contributed by atoms with Gasteiger partial charge in [0, 0.05) is 19.6 Å². The van der Waals surface area contributed by atoms with E-state index in [1.165, 1.54) is 15.4 Å². The van der Waals surface area contributed by atoms with E-state index in [2.05, 4.69) is 10.5 Å². The molecular weight excluding hydrogens is 480 g/mol. The number of nitrogens with one attached hydrogen (secondary N) is 1. The van der Waals surface area contributed by atoms with Gasteiger partial charge in [-0.25, -0.2) is 13.8 Å². The number of likely N-dealkylation sites (N-methyl/N-ethyl adjacent to an activating group) is 1. The summed E-state index contributed by atoms with van der Waals surface area (Å²) in [6.45, 7) is 6.44. The van der Waals surface area contributed by atoms with E-state index >= 15 is 0 Å². The zero-order chi connectivity index (χ0) is 26.1. The Morgan fingerprint density at radius 3 is 2.25 bits per heavy atom. The Morgan fingerprint density at radius 1 is 0.944 bits per heavy atom. The molecule has 0 saturated carbocycles. The second-order valence-corrected chi connectivity index (χ2v) is 9.99. The maximum atomic E-state index is 13.4. The zero-order valence-electron chi connectivity index (χ0n) is 20.5. The van der Waals surface area contributed by atoms with Gasteiger partial charge in [-0.05, 0) is 50.6 Å². The smallest absolute Gasteiger partial charge is 0.329 e. The van der Waals surface area contributed by atoms with Crippen LogP contribution in [0.15, 0.2) is 81.1 Å². The monoisotopic (exact) mass is 510 g/mol. The summed E-state index contributed by atoms with van der Waals surface area (Å²) in [4.78, 5) is 25.5. The predicted molar refractivity (Wildman–Crippen MR) is 136 cm³/mol. The van der Waals surface area contributed by atoms with Crippen LogP contribution in [0.1, 0.15) is 36.5 Å². The Bertz CT molecular complexity index is 1300. The minimum absolute atomic E-state index is 0.00819. The van der Waals surface area contributed by atoms with Gasteiger partial charge >= 0.3 is 11.8 Å². The summed E-state index contributed by atoms with van der Waals surface area (Å²) in [5.41, 5.74) is 3.98. The Hall–Kier alpha value is -3.76. The summed E-state index contributed by atoms with van der Waals surface area (Å²) in [5, 5.41) is 3.78. The van der Waals surface area contributed by atoms with Crippen LogP contribution in [0.4, 0.5) is 0 Å². The SMILES string of the molecule is CCN(CC)C(=O)C(=O)N/N=C/c1ccc(CN(Cc2ccccc2)S(=O)(=O)c2ccc(C)cc2)o1. The van der Waals surface area contributed by atoms with E-state index in [-0.39, 0.29) is 18.0 Å². The molecule has 190 valence electrons. The third kappa shape index (κ3) is 6.89. The quantitative estimate of drug-likeness (QED) is 0.256. The number of hydrazone groups is 1. The number of carbonyl (C=O) groups excluding carboxylic acids is 2. The standard InChI is InChI=1S/C26H30N4O5S/c1-4-29(5-2)26(32)25(31)28-27-17-22-13-14-23(35-22)19-30(18-21-9-7-6-8-10-21)36(33,34)24-15-11-20(3)12-16-24/h6-17H,4-5,18-19H2,1-3H3,(H,28,31)/b27-17+. The van der Waals surface area contributed by atoms with Crippen molar-refractivity contribution >= 4 is 28.1 Å². The Balaban J connectivity index is 1.75. The van der Waals surface area contributed by atoms with Crippen molar-refractivity contribution in [3.05, 3.63) is 89.4 Å². The molecule has 0 unspecified atom stereocenters. The summed E-state index contributed by atoms with van der Waals surface area (Å²) in [7, 11) is -3.82. The normalized spacial score (nSPS) is 11.7.